The minimum atomic E-state index is 0.844. The van der Waals surface area contributed by atoms with E-state index in [9.17, 15) is 0 Å². The van der Waals surface area contributed by atoms with Gasteiger partial charge in [-0.15, -0.1) is 0 Å². The van der Waals surface area contributed by atoms with Gasteiger partial charge in [0.2, 0.25) is 0 Å². The maximum atomic E-state index is 2.46. The van der Waals surface area contributed by atoms with Crippen molar-refractivity contribution in [1.82, 2.24) is 0 Å². The SMILES string of the molecule is CCCC(CCCCC(C)C(C)C)C(C)C(C)C. The Balaban J connectivity index is 3.90. The molecule has 0 fully saturated rings. The summed E-state index contributed by atoms with van der Waals surface area (Å²) in [7, 11) is 0. The lowest BCUT2D eigenvalue weighted by Gasteiger charge is -2.27. The zero-order valence-electron chi connectivity index (χ0n) is 14.1. The Morgan fingerprint density at radius 2 is 1.22 bits per heavy atom. The van der Waals surface area contributed by atoms with Gasteiger partial charge in [-0.25, -0.2) is 0 Å². The summed E-state index contributed by atoms with van der Waals surface area (Å²) in [5, 5.41) is 0. The third-order valence-electron chi connectivity index (χ3n) is 5.08. The smallest absolute Gasteiger partial charge is 0.0386 e. The number of unbranched alkanes of at least 4 members (excludes halogenated alkanes) is 1. The average Bonchev–Trinajstić information content (AvgIpc) is 2.31. The minimum absolute atomic E-state index is 0.844. The van der Waals surface area contributed by atoms with Crippen LogP contribution in [0.25, 0.3) is 0 Å². The molecule has 3 unspecified atom stereocenters. The van der Waals surface area contributed by atoms with E-state index >= 15 is 0 Å². The van der Waals surface area contributed by atoms with Gasteiger partial charge in [-0.1, -0.05) is 87.0 Å². The van der Waals surface area contributed by atoms with Crippen LogP contribution in [0.15, 0.2) is 0 Å². The minimum Gasteiger partial charge on any atom is -0.0654 e. The molecule has 0 aliphatic heterocycles. The summed E-state index contributed by atoms with van der Waals surface area (Å²) in [6, 6.07) is 0. The summed E-state index contributed by atoms with van der Waals surface area (Å²) >= 11 is 0. The molecule has 0 heteroatoms. The average molecular weight is 255 g/mol. The molecule has 0 N–H and O–H groups in total. The van der Waals surface area contributed by atoms with Crippen molar-refractivity contribution >= 4 is 0 Å². The Bertz CT molecular complexity index is 180. The van der Waals surface area contributed by atoms with Crippen molar-refractivity contribution in [3.05, 3.63) is 0 Å². The highest BCUT2D eigenvalue weighted by Gasteiger charge is 2.19. The number of hydrogen-bond acceptors (Lipinski definition) is 0. The van der Waals surface area contributed by atoms with E-state index in [0.717, 1.165) is 29.6 Å². The molecule has 0 aliphatic rings. The Morgan fingerprint density at radius 3 is 1.67 bits per heavy atom. The molecule has 0 radical (unpaired) electrons. The first-order valence-corrected chi connectivity index (χ1v) is 8.40. The summed E-state index contributed by atoms with van der Waals surface area (Å²) < 4.78 is 0. The van der Waals surface area contributed by atoms with Gasteiger partial charge in [0.1, 0.15) is 0 Å². The Hall–Kier alpha value is 0. The second-order valence-corrected chi connectivity index (χ2v) is 7.16. The molecule has 0 bridgehead atoms. The third kappa shape index (κ3) is 7.44. The summed E-state index contributed by atoms with van der Waals surface area (Å²) in [4.78, 5) is 0. The standard InChI is InChI=1S/C18H38/c1-8-11-18(17(7)15(4)5)13-10-9-12-16(6)14(2)3/h14-18H,8-13H2,1-7H3. The van der Waals surface area contributed by atoms with Crippen molar-refractivity contribution in [3.8, 4) is 0 Å². The van der Waals surface area contributed by atoms with Crippen molar-refractivity contribution in [1.29, 1.82) is 0 Å². The fraction of sp³-hybridized carbons (Fsp3) is 1.00. The van der Waals surface area contributed by atoms with Crippen LogP contribution < -0.4 is 0 Å². The van der Waals surface area contributed by atoms with Crippen molar-refractivity contribution in [2.45, 2.75) is 87.0 Å². The first-order valence-electron chi connectivity index (χ1n) is 8.40. The Morgan fingerprint density at radius 1 is 0.667 bits per heavy atom. The lowest BCUT2D eigenvalue weighted by molar-refractivity contribution is 0.237. The molecule has 0 aromatic heterocycles. The highest BCUT2D eigenvalue weighted by molar-refractivity contribution is 4.69. The monoisotopic (exact) mass is 254 g/mol. The van der Waals surface area contributed by atoms with Crippen LogP contribution in [0.5, 0.6) is 0 Å². The lowest BCUT2D eigenvalue weighted by Crippen LogP contribution is -2.17. The molecule has 0 aromatic carbocycles. The van der Waals surface area contributed by atoms with Crippen molar-refractivity contribution in [2.24, 2.45) is 29.6 Å². The van der Waals surface area contributed by atoms with Gasteiger partial charge >= 0.3 is 0 Å². The molecule has 3 atom stereocenters. The molecule has 0 saturated heterocycles. The van der Waals surface area contributed by atoms with Crippen LogP contribution in [0.4, 0.5) is 0 Å². The highest BCUT2D eigenvalue weighted by atomic mass is 14.2. The van der Waals surface area contributed by atoms with Crippen molar-refractivity contribution in [2.75, 3.05) is 0 Å². The van der Waals surface area contributed by atoms with Crippen molar-refractivity contribution in [3.63, 3.8) is 0 Å². The van der Waals surface area contributed by atoms with Gasteiger partial charge in [-0.05, 0) is 29.6 Å². The molecule has 0 saturated carbocycles. The zero-order chi connectivity index (χ0) is 14.1. The largest absolute Gasteiger partial charge is 0.0654 e. The van der Waals surface area contributed by atoms with Crippen molar-refractivity contribution < 1.29 is 0 Å². The van der Waals surface area contributed by atoms with Crippen LogP contribution >= 0.6 is 0 Å². The predicted octanol–water partition coefficient (Wildman–Crippen LogP) is 6.55. The summed E-state index contributed by atoms with van der Waals surface area (Å²) in [5.41, 5.74) is 0. The predicted molar refractivity (Wildman–Crippen MR) is 84.9 cm³/mol. The Kier molecular flexibility index (Phi) is 9.87. The normalized spacial score (nSPS) is 17.2. The highest BCUT2D eigenvalue weighted by Crippen LogP contribution is 2.29. The lowest BCUT2D eigenvalue weighted by atomic mass is 9.79. The molecular weight excluding hydrogens is 216 g/mol. The second kappa shape index (κ2) is 9.87. The van der Waals surface area contributed by atoms with E-state index in [1.165, 1.54) is 38.5 Å². The van der Waals surface area contributed by atoms with E-state index < -0.39 is 0 Å². The third-order valence-corrected chi connectivity index (χ3v) is 5.08. The van der Waals surface area contributed by atoms with Gasteiger partial charge in [0.25, 0.3) is 0 Å². The van der Waals surface area contributed by atoms with Gasteiger partial charge in [-0.3, -0.25) is 0 Å². The maximum absolute atomic E-state index is 2.46. The molecule has 0 spiro atoms. The summed E-state index contributed by atoms with van der Waals surface area (Å²) in [5.74, 6) is 4.45. The van der Waals surface area contributed by atoms with E-state index in [1.54, 1.807) is 0 Å². The zero-order valence-corrected chi connectivity index (χ0v) is 14.1. The van der Waals surface area contributed by atoms with Crippen LogP contribution in [0.2, 0.25) is 0 Å². The van der Waals surface area contributed by atoms with Crippen LogP contribution in [-0.4, -0.2) is 0 Å². The molecule has 0 amide bonds. The van der Waals surface area contributed by atoms with Gasteiger partial charge in [0, 0.05) is 0 Å². The van der Waals surface area contributed by atoms with E-state index in [0.29, 0.717) is 0 Å². The van der Waals surface area contributed by atoms with Crippen LogP contribution in [-0.2, 0) is 0 Å². The van der Waals surface area contributed by atoms with Gasteiger partial charge < -0.3 is 0 Å². The molecule has 0 aliphatic carbocycles. The van der Waals surface area contributed by atoms with Gasteiger partial charge in [0.15, 0.2) is 0 Å². The fourth-order valence-corrected chi connectivity index (χ4v) is 2.79. The molecular formula is C18H38. The second-order valence-electron chi connectivity index (χ2n) is 7.16. The van der Waals surface area contributed by atoms with Gasteiger partial charge in [-0.2, -0.15) is 0 Å². The maximum Gasteiger partial charge on any atom is -0.0386 e. The molecule has 0 heterocycles. The first-order chi connectivity index (χ1) is 8.40. The van der Waals surface area contributed by atoms with Crippen LogP contribution in [0, 0.1) is 29.6 Å². The quantitative estimate of drug-likeness (QED) is 0.388. The molecule has 0 nitrogen and oxygen atoms in total. The van der Waals surface area contributed by atoms with E-state index in [1.807, 2.05) is 0 Å². The van der Waals surface area contributed by atoms with Gasteiger partial charge in [0.05, 0.1) is 0 Å². The summed E-state index contributed by atoms with van der Waals surface area (Å²) in [6.07, 6.45) is 8.54. The van der Waals surface area contributed by atoms with E-state index in [-0.39, 0.29) is 0 Å². The summed E-state index contributed by atoms with van der Waals surface area (Å²) in [6.45, 7) is 16.7. The fourth-order valence-electron chi connectivity index (χ4n) is 2.79. The molecule has 0 rings (SSSR count). The molecule has 0 aromatic rings. The topological polar surface area (TPSA) is 0 Å². The van der Waals surface area contributed by atoms with E-state index in [4.69, 9.17) is 0 Å². The number of rotatable bonds is 10. The van der Waals surface area contributed by atoms with E-state index in [2.05, 4.69) is 48.5 Å². The molecule has 18 heavy (non-hydrogen) atoms. The van der Waals surface area contributed by atoms with Crippen LogP contribution in [0.1, 0.15) is 87.0 Å². The van der Waals surface area contributed by atoms with Crippen LogP contribution in [0.3, 0.4) is 0 Å². The number of hydrogen-bond donors (Lipinski definition) is 0. The Labute approximate surface area is 117 Å². The first kappa shape index (κ1) is 18.0. The molecule has 110 valence electrons.